The lowest BCUT2D eigenvalue weighted by molar-refractivity contribution is -0.145. The topological polar surface area (TPSA) is 26.3 Å². The summed E-state index contributed by atoms with van der Waals surface area (Å²) in [4.78, 5) is 11.7. The van der Waals surface area contributed by atoms with E-state index in [1.165, 1.54) is 96.3 Å². The molecule has 2 heteroatoms. The zero-order chi connectivity index (χ0) is 16.6. The Morgan fingerprint density at radius 1 is 0.783 bits per heavy atom. The fraction of sp³-hybridized carbons (Fsp3) is 0.952. The first-order chi connectivity index (χ1) is 11.3. The van der Waals surface area contributed by atoms with E-state index in [0.717, 1.165) is 6.42 Å². The molecule has 0 aliphatic heterocycles. The minimum atomic E-state index is 0.0338. The number of carbonyl (C=O) groups excluding carboxylic acids is 1. The summed E-state index contributed by atoms with van der Waals surface area (Å²) < 4.78 is 5.43. The predicted molar refractivity (Wildman–Crippen MR) is 98.6 cm³/mol. The summed E-state index contributed by atoms with van der Waals surface area (Å²) in [5.41, 5.74) is 0. The first kappa shape index (κ1) is 20.5. The van der Waals surface area contributed by atoms with Gasteiger partial charge in [0.2, 0.25) is 0 Å². The Kier molecular flexibility index (Phi) is 13.4. The van der Waals surface area contributed by atoms with Gasteiger partial charge in [-0.1, -0.05) is 90.4 Å². The maximum Gasteiger partial charge on any atom is 0.305 e. The van der Waals surface area contributed by atoms with Gasteiger partial charge < -0.3 is 4.74 Å². The molecular weight excluding hydrogens is 284 g/mol. The number of hydrogen-bond donors (Lipinski definition) is 0. The first-order valence-corrected chi connectivity index (χ1v) is 10.5. The highest BCUT2D eigenvalue weighted by atomic mass is 16.5. The summed E-state index contributed by atoms with van der Waals surface area (Å²) in [6.45, 7) is 2.95. The van der Waals surface area contributed by atoms with Crippen LogP contribution in [0.3, 0.4) is 0 Å². The molecule has 0 aromatic rings. The van der Waals surface area contributed by atoms with Crippen molar-refractivity contribution in [2.45, 2.75) is 116 Å². The molecule has 0 bridgehead atoms. The molecule has 0 N–H and O–H groups in total. The summed E-state index contributed by atoms with van der Waals surface area (Å²) in [5, 5.41) is 0. The van der Waals surface area contributed by atoms with Crippen molar-refractivity contribution in [2.75, 3.05) is 6.61 Å². The van der Waals surface area contributed by atoms with Crippen molar-refractivity contribution in [1.29, 1.82) is 0 Å². The van der Waals surface area contributed by atoms with Gasteiger partial charge in [0.25, 0.3) is 0 Å². The zero-order valence-electron chi connectivity index (χ0n) is 15.6. The zero-order valence-corrected chi connectivity index (χ0v) is 15.6. The molecule has 0 aromatic carbocycles. The van der Waals surface area contributed by atoms with E-state index >= 15 is 0 Å². The van der Waals surface area contributed by atoms with E-state index in [9.17, 15) is 4.79 Å². The fourth-order valence-corrected chi connectivity index (χ4v) is 3.57. The van der Waals surface area contributed by atoms with Crippen LogP contribution in [0.15, 0.2) is 0 Å². The summed E-state index contributed by atoms with van der Waals surface area (Å²) in [5.74, 6) is 0.677. The molecule has 0 saturated heterocycles. The van der Waals surface area contributed by atoms with Gasteiger partial charge in [0.1, 0.15) is 0 Å². The highest BCUT2D eigenvalue weighted by Gasteiger charge is 2.15. The molecule has 0 unspecified atom stereocenters. The van der Waals surface area contributed by atoms with E-state index in [4.69, 9.17) is 4.74 Å². The van der Waals surface area contributed by atoms with Crippen molar-refractivity contribution in [3.05, 3.63) is 0 Å². The third-order valence-corrected chi connectivity index (χ3v) is 5.19. The predicted octanol–water partition coefficient (Wildman–Crippen LogP) is 6.81. The van der Waals surface area contributed by atoms with Crippen molar-refractivity contribution in [1.82, 2.24) is 0 Å². The van der Waals surface area contributed by atoms with Gasteiger partial charge in [0.05, 0.1) is 6.61 Å². The van der Waals surface area contributed by atoms with E-state index < -0.39 is 0 Å². The van der Waals surface area contributed by atoms with E-state index in [-0.39, 0.29) is 5.97 Å². The maximum absolute atomic E-state index is 11.7. The van der Waals surface area contributed by atoms with Crippen LogP contribution in [0.4, 0.5) is 0 Å². The highest BCUT2D eigenvalue weighted by molar-refractivity contribution is 5.69. The Labute approximate surface area is 144 Å². The first-order valence-electron chi connectivity index (χ1n) is 10.5. The van der Waals surface area contributed by atoms with Crippen LogP contribution in [0.2, 0.25) is 0 Å². The molecule has 1 rings (SSSR count). The Morgan fingerprint density at radius 2 is 1.30 bits per heavy atom. The van der Waals surface area contributed by atoms with Crippen LogP contribution in [0.25, 0.3) is 0 Å². The largest absolute Gasteiger partial charge is 0.465 e. The molecule has 0 aromatic heterocycles. The van der Waals surface area contributed by atoms with Crippen LogP contribution in [0.1, 0.15) is 116 Å². The van der Waals surface area contributed by atoms with Crippen molar-refractivity contribution < 1.29 is 9.53 Å². The molecular formula is C21H40O2. The van der Waals surface area contributed by atoms with Crippen LogP contribution in [0.5, 0.6) is 0 Å². The molecule has 1 saturated carbocycles. The van der Waals surface area contributed by atoms with Crippen molar-refractivity contribution in [3.63, 3.8) is 0 Å². The molecule has 1 aliphatic rings. The molecule has 136 valence electrons. The highest BCUT2D eigenvalue weighted by Crippen LogP contribution is 2.23. The van der Waals surface area contributed by atoms with Crippen LogP contribution in [-0.2, 0) is 9.53 Å². The number of hydrogen-bond acceptors (Lipinski definition) is 2. The summed E-state index contributed by atoms with van der Waals surface area (Å²) >= 11 is 0. The van der Waals surface area contributed by atoms with Gasteiger partial charge in [-0.25, -0.2) is 0 Å². The molecule has 0 heterocycles. The number of carbonyl (C=O) groups is 1. The molecule has 23 heavy (non-hydrogen) atoms. The average Bonchev–Trinajstić information content (AvgIpc) is 2.59. The maximum atomic E-state index is 11.7. The molecule has 0 amide bonds. The third kappa shape index (κ3) is 12.5. The summed E-state index contributed by atoms with van der Waals surface area (Å²) in [6, 6.07) is 0. The van der Waals surface area contributed by atoms with Gasteiger partial charge in [-0.15, -0.1) is 0 Å². The number of esters is 1. The second-order valence-electron chi connectivity index (χ2n) is 7.47. The average molecular weight is 325 g/mol. The lowest BCUT2D eigenvalue weighted by atomic mass is 9.90. The molecule has 1 aliphatic carbocycles. The minimum Gasteiger partial charge on any atom is -0.465 e. The third-order valence-electron chi connectivity index (χ3n) is 5.19. The van der Waals surface area contributed by atoms with Gasteiger partial charge in [-0.05, 0) is 25.2 Å². The van der Waals surface area contributed by atoms with Gasteiger partial charge >= 0.3 is 5.97 Å². The molecule has 0 radical (unpaired) electrons. The fourth-order valence-electron chi connectivity index (χ4n) is 3.57. The molecule has 0 spiro atoms. The molecule has 2 nitrogen and oxygen atoms in total. The molecule has 1 fully saturated rings. The SMILES string of the molecule is CCCCCCCCCCCCCC(=O)OCC1CCCCC1. The number of unbranched alkanes of at least 4 members (excludes halogenated alkanes) is 10. The Bertz CT molecular complexity index is 269. The van der Waals surface area contributed by atoms with Gasteiger partial charge in [-0.3, -0.25) is 4.79 Å². The van der Waals surface area contributed by atoms with E-state index in [0.29, 0.717) is 18.9 Å². The monoisotopic (exact) mass is 324 g/mol. The lowest BCUT2D eigenvalue weighted by Crippen LogP contribution is -2.16. The second-order valence-corrected chi connectivity index (χ2v) is 7.47. The smallest absolute Gasteiger partial charge is 0.305 e. The second kappa shape index (κ2) is 15.0. The Hall–Kier alpha value is -0.530. The van der Waals surface area contributed by atoms with Crippen molar-refractivity contribution >= 4 is 5.97 Å². The number of rotatable bonds is 14. The summed E-state index contributed by atoms with van der Waals surface area (Å²) in [7, 11) is 0. The standard InChI is InChI=1S/C21H40O2/c1-2-3-4-5-6-7-8-9-10-11-15-18-21(22)23-19-20-16-13-12-14-17-20/h20H,2-19H2,1H3. The quantitative estimate of drug-likeness (QED) is 0.259. The number of ether oxygens (including phenoxy) is 1. The van der Waals surface area contributed by atoms with E-state index in [1.807, 2.05) is 0 Å². The van der Waals surface area contributed by atoms with E-state index in [1.54, 1.807) is 0 Å². The van der Waals surface area contributed by atoms with Crippen LogP contribution in [-0.4, -0.2) is 12.6 Å². The summed E-state index contributed by atoms with van der Waals surface area (Å²) in [6.07, 6.45) is 21.7. The molecule has 0 atom stereocenters. The lowest BCUT2D eigenvalue weighted by Gasteiger charge is -2.20. The minimum absolute atomic E-state index is 0.0338. The van der Waals surface area contributed by atoms with Crippen LogP contribution < -0.4 is 0 Å². The van der Waals surface area contributed by atoms with Gasteiger partial charge in [0, 0.05) is 6.42 Å². The van der Waals surface area contributed by atoms with Gasteiger partial charge in [0.15, 0.2) is 0 Å². The van der Waals surface area contributed by atoms with Gasteiger partial charge in [-0.2, -0.15) is 0 Å². The normalized spacial score (nSPS) is 15.7. The Balaban J connectivity index is 1.78. The van der Waals surface area contributed by atoms with E-state index in [2.05, 4.69) is 6.92 Å². The Morgan fingerprint density at radius 3 is 1.87 bits per heavy atom. The van der Waals surface area contributed by atoms with Crippen molar-refractivity contribution in [2.24, 2.45) is 5.92 Å². The van der Waals surface area contributed by atoms with Crippen molar-refractivity contribution in [3.8, 4) is 0 Å². The van der Waals surface area contributed by atoms with Crippen LogP contribution in [0, 0.1) is 5.92 Å². The van der Waals surface area contributed by atoms with Crippen LogP contribution >= 0.6 is 0 Å².